The molecular formula is C31H41F2N3O+2. The summed E-state index contributed by atoms with van der Waals surface area (Å²) in [7, 11) is 0. The molecule has 0 unspecified atom stereocenters. The largest absolute Gasteiger partial charge is 0.345 e. The average molecular weight is 510 g/mol. The first kappa shape index (κ1) is 25.0. The van der Waals surface area contributed by atoms with Gasteiger partial charge in [0.25, 0.3) is 0 Å². The Morgan fingerprint density at radius 1 is 1.05 bits per heavy atom. The minimum atomic E-state index is -0.443. The van der Waals surface area contributed by atoms with Crippen LogP contribution < -0.4 is 10.3 Å². The third-order valence-corrected chi connectivity index (χ3v) is 10.2. The second-order valence-electron chi connectivity index (χ2n) is 12.2. The number of amides is 1. The number of rotatable bonds is 3. The molecule has 3 heterocycles. The average Bonchev–Trinajstić information content (AvgIpc) is 3.32. The number of aromatic nitrogens is 1. The minimum absolute atomic E-state index is 0.0458. The summed E-state index contributed by atoms with van der Waals surface area (Å²) in [4.78, 5) is 20.3. The van der Waals surface area contributed by atoms with Crippen LogP contribution in [0.25, 0.3) is 0 Å². The van der Waals surface area contributed by atoms with Gasteiger partial charge in [-0.25, -0.2) is 13.8 Å². The Labute approximate surface area is 219 Å². The standard InChI is InChI=1S/C31H39F2N3O/c1-20-12-13-23-27(35-20)11-6-15-31(23)19-34-18-24(31)30(37)36-16-14-22(29-25(32)9-5-10-26(29)33)17-28(36)21-7-3-2-4-8-21/h5,9-10,12-13,21-22,24,28,34H,2-4,6-8,11,14-19H2,1H3/p+2/t22-,24+,28+,31+/m1/s1. The number of halogens is 2. The smallest absolute Gasteiger partial charge is 0.232 e. The molecule has 1 aromatic carbocycles. The molecular weight excluding hydrogens is 468 g/mol. The van der Waals surface area contributed by atoms with Crippen molar-refractivity contribution in [3.63, 3.8) is 0 Å². The molecule has 3 N–H and O–H groups in total. The number of piperidine rings is 1. The van der Waals surface area contributed by atoms with Crippen LogP contribution in [0.15, 0.2) is 30.3 Å². The van der Waals surface area contributed by atoms with E-state index in [2.05, 4.69) is 34.3 Å². The number of H-pyrrole nitrogens is 1. The highest BCUT2D eigenvalue weighted by atomic mass is 19.1. The highest BCUT2D eigenvalue weighted by Crippen LogP contribution is 2.46. The van der Waals surface area contributed by atoms with E-state index in [0.717, 1.165) is 45.2 Å². The maximum atomic E-state index is 14.8. The van der Waals surface area contributed by atoms with Gasteiger partial charge in [-0.15, -0.1) is 0 Å². The second-order valence-corrected chi connectivity index (χ2v) is 12.2. The van der Waals surface area contributed by atoms with Gasteiger partial charge in [0, 0.05) is 43.1 Å². The van der Waals surface area contributed by atoms with Gasteiger partial charge in [0.05, 0.1) is 18.5 Å². The second kappa shape index (κ2) is 10.1. The summed E-state index contributed by atoms with van der Waals surface area (Å²) in [6.07, 6.45) is 10.3. The first-order valence-corrected chi connectivity index (χ1v) is 14.6. The van der Waals surface area contributed by atoms with Gasteiger partial charge in [-0.3, -0.25) is 4.79 Å². The van der Waals surface area contributed by atoms with Crippen molar-refractivity contribution < 1.29 is 23.9 Å². The van der Waals surface area contributed by atoms with Crippen molar-refractivity contribution in [2.24, 2.45) is 11.8 Å². The number of pyridine rings is 1. The highest BCUT2D eigenvalue weighted by molar-refractivity contribution is 5.82. The van der Waals surface area contributed by atoms with Gasteiger partial charge in [-0.05, 0) is 68.6 Å². The molecule has 1 aromatic heterocycles. The van der Waals surface area contributed by atoms with E-state index in [4.69, 9.17) is 0 Å². The third kappa shape index (κ3) is 4.39. The lowest BCUT2D eigenvalue weighted by atomic mass is 9.64. The molecule has 6 rings (SSSR count). The number of quaternary nitrogens is 1. The SMILES string of the molecule is Cc1ccc2c([nH+]1)CCC[C@]21C[NH2+]C[C@H]1C(=O)N1CC[C@@H](c2c(F)cccc2F)C[C@H]1C1CCCCC1. The summed E-state index contributed by atoms with van der Waals surface area (Å²) < 4.78 is 29.6. The summed E-state index contributed by atoms with van der Waals surface area (Å²) >= 11 is 0. The van der Waals surface area contributed by atoms with Crippen molar-refractivity contribution in [2.75, 3.05) is 19.6 Å². The lowest BCUT2D eigenvalue weighted by Gasteiger charge is -2.47. The maximum absolute atomic E-state index is 14.8. The molecule has 0 radical (unpaired) electrons. The number of nitrogens with one attached hydrogen (secondary N) is 1. The van der Waals surface area contributed by atoms with Gasteiger partial charge in [0.15, 0.2) is 11.4 Å². The van der Waals surface area contributed by atoms with Crippen LogP contribution in [0.2, 0.25) is 0 Å². The zero-order valence-electron chi connectivity index (χ0n) is 22.1. The van der Waals surface area contributed by atoms with Crippen molar-refractivity contribution in [2.45, 2.75) is 88.5 Å². The lowest BCUT2D eigenvalue weighted by molar-refractivity contribution is -0.640. The first-order valence-electron chi connectivity index (χ1n) is 14.6. The first-order chi connectivity index (χ1) is 18.0. The monoisotopic (exact) mass is 509 g/mol. The molecule has 198 valence electrons. The van der Waals surface area contributed by atoms with E-state index in [1.807, 2.05) is 0 Å². The predicted octanol–water partition coefficient (Wildman–Crippen LogP) is 4.21. The van der Waals surface area contributed by atoms with Crippen molar-refractivity contribution in [3.05, 3.63) is 64.5 Å². The van der Waals surface area contributed by atoms with Gasteiger partial charge in [0.2, 0.25) is 5.91 Å². The number of hydrogen-bond acceptors (Lipinski definition) is 1. The molecule has 37 heavy (non-hydrogen) atoms. The fourth-order valence-electron chi connectivity index (χ4n) is 8.42. The number of nitrogens with zero attached hydrogens (tertiary/aromatic N) is 1. The van der Waals surface area contributed by atoms with Crippen LogP contribution in [0.5, 0.6) is 0 Å². The molecule has 2 saturated heterocycles. The van der Waals surface area contributed by atoms with E-state index in [-0.39, 0.29) is 34.8 Å². The number of aryl methyl sites for hydroxylation is 2. The Morgan fingerprint density at radius 3 is 2.62 bits per heavy atom. The molecule has 1 saturated carbocycles. The minimum Gasteiger partial charge on any atom is -0.345 e. The van der Waals surface area contributed by atoms with Crippen LogP contribution in [-0.2, 0) is 16.6 Å². The lowest BCUT2D eigenvalue weighted by Crippen LogP contribution is -2.82. The molecule has 2 aromatic rings. The Kier molecular flexibility index (Phi) is 6.81. The Bertz CT molecular complexity index is 1140. The van der Waals surface area contributed by atoms with Crippen molar-refractivity contribution >= 4 is 5.91 Å². The van der Waals surface area contributed by atoms with Crippen molar-refractivity contribution in [1.29, 1.82) is 0 Å². The van der Waals surface area contributed by atoms with Gasteiger partial charge >= 0.3 is 0 Å². The number of likely N-dealkylation sites (tertiary alicyclic amines) is 1. The van der Waals surface area contributed by atoms with Gasteiger partial charge in [0.1, 0.15) is 17.6 Å². The Hall–Kier alpha value is -2.34. The molecule has 1 spiro atoms. The number of benzene rings is 1. The zero-order valence-corrected chi connectivity index (χ0v) is 22.1. The fraction of sp³-hybridized carbons (Fsp3) is 0.613. The summed E-state index contributed by atoms with van der Waals surface area (Å²) in [5.41, 5.74) is 3.92. The van der Waals surface area contributed by atoms with Gasteiger partial charge in [-0.2, -0.15) is 0 Å². The number of hydrogen-bond donors (Lipinski definition) is 1. The van der Waals surface area contributed by atoms with Crippen LogP contribution in [0.3, 0.4) is 0 Å². The van der Waals surface area contributed by atoms with E-state index < -0.39 is 11.6 Å². The molecule has 4 aliphatic rings. The molecule has 0 bridgehead atoms. The molecule has 4 atom stereocenters. The number of carbonyl (C=O) groups excluding carboxylic acids is 1. The topological polar surface area (TPSA) is 51.1 Å². The molecule has 2 aliphatic carbocycles. The van der Waals surface area contributed by atoms with E-state index >= 15 is 0 Å². The van der Waals surface area contributed by atoms with E-state index in [0.29, 0.717) is 25.3 Å². The number of aromatic amines is 1. The molecule has 3 fully saturated rings. The van der Waals surface area contributed by atoms with E-state index in [1.54, 1.807) is 0 Å². The summed E-state index contributed by atoms with van der Waals surface area (Å²) in [6.45, 7) is 4.48. The van der Waals surface area contributed by atoms with Crippen LogP contribution in [-0.4, -0.2) is 36.5 Å². The van der Waals surface area contributed by atoms with Crippen LogP contribution in [0.4, 0.5) is 8.78 Å². The Balaban J connectivity index is 1.32. The van der Waals surface area contributed by atoms with Crippen LogP contribution in [0, 0.1) is 30.4 Å². The van der Waals surface area contributed by atoms with Crippen LogP contribution >= 0.6 is 0 Å². The molecule has 2 aliphatic heterocycles. The number of nitrogens with two attached hydrogens (primary N) is 1. The molecule has 6 heteroatoms. The summed E-state index contributed by atoms with van der Waals surface area (Å²) in [5.74, 6) is -0.398. The van der Waals surface area contributed by atoms with E-state index in [9.17, 15) is 13.6 Å². The summed E-state index contributed by atoms with van der Waals surface area (Å²) in [6, 6.07) is 8.70. The molecule has 4 nitrogen and oxygen atoms in total. The van der Waals surface area contributed by atoms with E-state index in [1.165, 1.54) is 54.4 Å². The summed E-state index contributed by atoms with van der Waals surface area (Å²) in [5, 5.41) is 2.34. The van der Waals surface area contributed by atoms with Gasteiger partial charge < -0.3 is 10.2 Å². The zero-order chi connectivity index (χ0) is 25.6. The Morgan fingerprint density at radius 2 is 1.84 bits per heavy atom. The number of fused-ring (bicyclic) bond motifs is 2. The maximum Gasteiger partial charge on any atom is 0.232 e. The molecule has 1 amide bonds. The number of carbonyl (C=O) groups is 1. The predicted molar refractivity (Wildman–Crippen MR) is 138 cm³/mol. The normalized spacial score (nSPS) is 30.5. The van der Waals surface area contributed by atoms with Gasteiger partial charge in [-0.1, -0.05) is 25.3 Å². The van der Waals surface area contributed by atoms with Crippen LogP contribution in [0.1, 0.15) is 86.2 Å². The van der Waals surface area contributed by atoms with Crippen molar-refractivity contribution in [3.8, 4) is 0 Å². The quantitative estimate of drug-likeness (QED) is 0.662. The van der Waals surface area contributed by atoms with Crippen molar-refractivity contribution in [1.82, 2.24) is 4.90 Å². The highest BCUT2D eigenvalue weighted by Gasteiger charge is 2.56. The fourth-order valence-corrected chi connectivity index (χ4v) is 8.42. The third-order valence-electron chi connectivity index (χ3n) is 10.2.